The zero-order valence-corrected chi connectivity index (χ0v) is 19.4. The summed E-state index contributed by atoms with van der Waals surface area (Å²) in [5.41, 5.74) is 7.48. The van der Waals surface area contributed by atoms with Gasteiger partial charge >= 0.3 is 0 Å². The van der Waals surface area contributed by atoms with Crippen LogP contribution < -0.4 is 16.4 Å². The number of carbonyl (C=O) groups excluding carboxylic acids is 1. The van der Waals surface area contributed by atoms with E-state index in [0.717, 1.165) is 31.5 Å². The number of hydrogen-bond donors (Lipinski definition) is 3. The molecule has 33 heavy (non-hydrogen) atoms. The van der Waals surface area contributed by atoms with E-state index < -0.39 is 0 Å². The van der Waals surface area contributed by atoms with Gasteiger partial charge in [-0.15, -0.1) is 0 Å². The van der Waals surface area contributed by atoms with Crippen LogP contribution in [-0.2, 0) is 14.3 Å². The number of hydrogen-bond acceptors (Lipinski definition) is 9. The highest BCUT2D eigenvalue weighted by atomic mass is 16.5. The summed E-state index contributed by atoms with van der Waals surface area (Å²) in [6.07, 6.45) is 2.46. The SMILES string of the molecule is Cc1ccc(-c2nc(NCCCN3CCCC3=O)nc(NCCOCCOCCN)n2)cc1. The molecule has 0 bridgehead atoms. The molecule has 1 amide bonds. The Morgan fingerprint density at radius 1 is 0.970 bits per heavy atom. The fraction of sp³-hybridized carbons (Fsp3) is 0.565. The highest BCUT2D eigenvalue weighted by molar-refractivity contribution is 5.78. The zero-order valence-electron chi connectivity index (χ0n) is 19.4. The lowest BCUT2D eigenvalue weighted by atomic mass is 10.1. The summed E-state index contributed by atoms with van der Waals surface area (Å²) in [7, 11) is 0. The van der Waals surface area contributed by atoms with E-state index in [1.54, 1.807) is 0 Å². The minimum atomic E-state index is 0.247. The van der Waals surface area contributed by atoms with E-state index in [1.807, 2.05) is 36.1 Å². The van der Waals surface area contributed by atoms with Gasteiger partial charge in [0.05, 0.1) is 26.4 Å². The summed E-state index contributed by atoms with van der Waals surface area (Å²) >= 11 is 0. The lowest BCUT2D eigenvalue weighted by Gasteiger charge is -2.15. The molecule has 1 fully saturated rings. The summed E-state index contributed by atoms with van der Waals surface area (Å²) in [5.74, 6) is 1.84. The minimum Gasteiger partial charge on any atom is -0.378 e. The van der Waals surface area contributed by atoms with Crippen molar-refractivity contribution < 1.29 is 14.3 Å². The molecule has 0 unspecified atom stereocenters. The molecule has 2 heterocycles. The van der Waals surface area contributed by atoms with Crippen LogP contribution in [-0.4, -0.2) is 84.9 Å². The van der Waals surface area contributed by atoms with E-state index in [4.69, 9.17) is 15.2 Å². The number of benzene rings is 1. The maximum absolute atomic E-state index is 11.8. The fourth-order valence-electron chi connectivity index (χ4n) is 3.42. The Labute approximate surface area is 195 Å². The van der Waals surface area contributed by atoms with Crippen molar-refractivity contribution in [3.8, 4) is 11.4 Å². The third-order valence-electron chi connectivity index (χ3n) is 5.17. The smallest absolute Gasteiger partial charge is 0.228 e. The summed E-state index contributed by atoms with van der Waals surface area (Å²) in [4.78, 5) is 27.3. The minimum absolute atomic E-state index is 0.247. The third-order valence-corrected chi connectivity index (χ3v) is 5.17. The number of aryl methyl sites for hydroxylation is 1. The molecule has 3 rings (SSSR count). The molecule has 0 aliphatic carbocycles. The van der Waals surface area contributed by atoms with E-state index in [9.17, 15) is 4.79 Å². The van der Waals surface area contributed by atoms with Crippen molar-refractivity contribution in [2.24, 2.45) is 5.73 Å². The largest absolute Gasteiger partial charge is 0.378 e. The van der Waals surface area contributed by atoms with Crippen LogP contribution >= 0.6 is 0 Å². The predicted octanol–water partition coefficient (Wildman–Crippen LogP) is 1.68. The Bertz CT molecular complexity index is 864. The first-order chi connectivity index (χ1) is 16.2. The molecule has 1 saturated heterocycles. The van der Waals surface area contributed by atoms with Gasteiger partial charge in [0.15, 0.2) is 5.82 Å². The number of rotatable bonds is 15. The van der Waals surface area contributed by atoms with E-state index in [2.05, 4.69) is 25.6 Å². The van der Waals surface area contributed by atoms with E-state index in [-0.39, 0.29) is 5.91 Å². The molecular weight excluding hydrogens is 422 g/mol. The second-order valence-electron chi connectivity index (χ2n) is 7.88. The molecule has 180 valence electrons. The molecule has 0 saturated carbocycles. The number of likely N-dealkylation sites (tertiary alicyclic amines) is 1. The van der Waals surface area contributed by atoms with Gasteiger partial charge in [0.2, 0.25) is 17.8 Å². The van der Waals surface area contributed by atoms with E-state index >= 15 is 0 Å². The van der Waals surface area contributed by atoms with E-state index in [0.29, 0.717) is 70.2 Å². The van der Waals surface area contributed by atoms with E-state index in [1.165, 1.54) is 5.56 Å². The first-order valence-electron chi connectivity index (χ1n) is 11.6. The lowest BCUT2D eigenvalue weighted by Crippen LogP contribution is -2.27. The van der Waals surface area contributed by atoms with Crippen LogP contribution in [0.2, 0.25) is 0 Å². The van der Waals surface area contributed by atoms with Gasteiger partial charge in [-0.1, -0.05) is 29.8 Å². The Morgan fingerprint density at radius 3 is 2.33 bits per heavy atom. The molecule has 4 N–H and O–H groups in total. The number of nitrogens with one attached hydrogen (secondary N) is 2. The number of anilines is 2. The molecule has 1 aromatic carbocycles. The molecule has 1 aliphatic heterocycles. The number of nitrogens with zero attached hydrogens (tertiary/aromatic N) is 4. The fourth-order valence-corrected chi connectivity index (χ4v) is 3.42. The molecule has 0 atom stereocenters. The second-order valence-corrected chi connectivity index (χ2v) is 7.88. The maximum atomic E-state index is 11.8. The van der Waals surface area contributed by atoms with Crippen molar-refractivity contribution >= 4 is 17.8 Å². The quantitative estimate of drug-likeness (QED) is 0.342. The van der Waals surface area contributed by atoms with Crippen molar-refractivity contribution in [1.82, 2.24) is 19.9 Å². The molecule has 1 aliphatic rings. The van der Waals surface area contributed by atoms with Crippen molar-refractivity contribution in [1.29, 1.82) is 0 Å². The standard InChI is InChI=1S/C23H35N7O3/c1-18-5-7-19(8-6-18)21-27-22(25-10-3-13-30-12-2-4-20(30)31)29-23(28-21)26-11-15-33-17-16-32-14-9-24/h5-8H,2-4,9-17,24H2,1H3,(H2,25,26,27,28,29). The zero-order chi connectivity index (χ0) is 23.3. The molecule has 2 aromatic rings. The van der Waals surface area contributed by atoms with Crippen molar-refractivity contribution in [3.05, 3.63) is 29.8 Å². The van der Waals surface area contributed by atoms with Crippen LogP contribution in [0.25, 0.3) is 11.4 Å². The molecule has 0 radical (unpaired) electrons. The molecule has 0 spiro atoms. The van der Waals surface area contributed by atoms with Crippen LogP contribution in [0.1, 0.15) is 24.8 Å². The highest BCUT2D eigenvalue weighted by Crippen LogP contribution is 2.18. The van der Waals surface area contributed by atoms with Gasteiger partial charge in [0, 0.05) is 44.7 Å². The molecule has 10 nitrogen and oxygen atoms in total. The predicted molar refractivity (Wildman–Crippen MR) is 128 cm³/mol. The summed E-state index contributed by atoms with van der Waals surface area (Å²) in [6.45, 7) is 7.48. The maximum Gasteiger partial charge on any atom is 0.228 e. The number of nitrogens with two attached hydrogens (primary N) is 1. The Kier molecular flexibility index (Phi) is 10.3. The number of aromatic nitrogens is 3. The Morgan fingerprint density at radius 2 is 1.67 bits per heavy atom. The Balaban J connectivity index is 1.54. The van der Waals surface area contributed by atoms with Gasteiger partial charge in [-0.2, -0.15) is 15.0 Å². The summed E-state index contributed by atoms with van der Waals surface area (Å²) in [5, 5.41) is 6.49. The Hall–Kier alpha value is -2.82. The number of ether oxygens (including phenoxy) is 2. The second kappa shape index (κ2) is 13.7. The average molecular weight is 458 g/mol. The van der Waals surface area contributed by atoms with Gasteiger partial charge in [0.25, 0.3) is 0 Å². The van der Waals surface area contributed by atoms with Gasteiger partial charge in [-0.05, 0) is 19.8 Å². The van der Waals surface area contributed by atoms with Crippen LogP contribution in [0.4, 0.5) is 11.9 Å². The number of amides is 1. The lowest BCUT2D eigenvalue weighted by molar-refractivity contribution is -0.127. The van der Waals surface area contributed by atoms with Gasteiger partial charge in [0.1, 0.15) is 0 Å². The molecule has 10 heteroatoms. The van der Waals surface area contributed by atoms with Crippen LogP contribution in [0, 0.1) is 6.92 Å². The molecular formula is C23H35N7O3. The highest BCUT2D eigenvalue weighted by Gasteiger charge is 2.19. The topological polar surface area (TPSA) is 128 Å². The average Bonchev–Trinajstić information content (AvgIpc) is 3.23. The third kappa shape index (κ3) is 8.56. The normalized spacial score (nSPS) is 13.5. The van der Waals surface area contributed by atoms with Crippen LogP contribution in [0.15, 0.2) is 24.3 Å². The summed E-state index contributed by atoms with van der Waals surface area (Å²) in [6, 6.07) is 8.07. The van der Waals surface area contributed by atoms with Gasteiger partial charge in [-0.3, -0.25) is 4.79 Å². The monoisotopic (exact) mass is 457 g/mol. The van der Waals surface area contributed by atoms with Crippen LogP contribution in [0.3, 0.4) is 0 Å². The number of carbonyl (C=O) groups is 1. The summed E-state index contributed by atoms with van der Waals surface area (Å²) < 4.78 is 10.8. The van der Waals surface area contributed by atoms with Crippen LogP contribution in [0.5, 0.6) is 0 Å². The van der Waals surface area contributed by atoms with Crippen molar-refractivity contribution in [2.75, 3.05) is 69.8 Å². The van der Waals surface area contributed by atoms with Crippen molar-refractivity contribution in [2.45, 2.75) is 26.2 Å². The first kappa shape index (κ1) is 24.8. The van der Waals surface area contributed by atoms with Crippen molar-refractivity contribution in [3.63, 3.8) is 0 Å². The first-order valence-corrected chi connectivity index (χ1v) is 11.6. The van der Waals surface area contributed by atoms with Gasteiger partial charge in [-0.25, -0.2) is 0 Å². The van der Waals surface area contributed by atoms with Gasteiger partial charge < -0.3 is 30.7 Å². The molecule has 1 aromatic heterocycles.